The zero-order valence-electron chi connectivity index (χ0n) is 16.0. The average molecular weight is 401 g/mol. The summed E-state index contributed by atoms with van der Waals surface area (Å²) in [6, 6.07) is 14.4. The Bertz CT molecular complexity index is 838. The Hall–Kier alpha value is -3.13. The summed E-state index contributed by atoms with van der Waals surface area (Å²) < 4.78 is 4.81. The largest absolute Gasteiger partial charge is 0.450 e. The molecule has 0 bridgehead atoms. The smallest absolute Gasteiger partial charge is 0.411 e. The van der Waals surface area contributed by atoms with Gasteiger partial charge in [-0.1, -0.05) is 32.0 Å². The SMILES string of the molecule is CCOC(=O)Nc1cccc(C(=O)NNC(=S)Nc2ccc(C(C)C)cc2)c1. The third kappa shape index (κ3) is 6.55. The number of amides is 2. The molecule has 8 heteroatoms. The van der Waals surface area contributed by atoms with Crippen molar-refractivity contribution in [3.8, 4) is 0 Å². The van der Waals surface area contributed by atoms with E-state index in [1.54, 1.807) is 25.1 Å². The molecule has 7 nitrogen and oxygen atoms in total. The van der Waals surface area contributed by atoms with E-state index in [4.69, 9.17) is 17.0 Å². The zero-order chi connectivity index (χ0) is 20.5. The number of hydrogen-bond acceptors (Lipinski definition) is 4. The summed E-state index contributed by atoms with van der Waals surface area (Å²) >= 11 is 5.19. The van der Waals surface area contributed by atoms with E-state index in [-0.39, 0.29) is 11.7 Å². The van der Waals surface area contributed by atoms with Crippen molar-refractivity contribution in [3.05, 3.63) is 59.7 Å². The molecule has 0 aromatic heterocycles. The maximum atomic E-state index is 12.3. The lowest BCUT2D eigenvalue weighted by Gasteiger charge is -2.13. The molecule has 0 saturated carbocycles. The van der Waals surface area contributed by atoms with Gasteiger partial charge in [-0.05, 0) is 61.0 Å². The second kappa shape index (κ2) is 10.3. The summed E-state index contributed by atoms with van der Waals surface area (Å²) in [6.45, 7) is 6.23. The van der Waals surface area contributed by atoms with E-state index in [1.807, 2.05) is 24.3 Å². The summed E-state index contributed by atoms with van der Waals surface area (Å²) in [6.07, 6.45) is -0.577. The van der Waals surface area contributed by atoms with Crippen molar-refractivity contribution in [2.75, 3.05) is 17.2 Å². The third-order valence-corrected chi connectivity index (χ3v) is 3.98. The molecule has 2 aromatic carbocycles. The van der Waals surface area contributed by atoms with Crippen LogP contribution in [0.5, 0.6) is 0 Å². The standard InChI is InChI=1S/C20H24N4O3S/c1-4-27-20(26)22-17-7-5-6-15(12-17)18(25)23-24-19(28)21-16-10-8-14(9-11-16)13(2)3/h5-13H,4H2,1-3H3,(H,22,26)(H,23,25)(H2,21,24,28). The number of ether oxygens (including phenoxy) is 1. The molecule has 2 aromatic rings. The second-order valence-electron chi connectivity index (χ2n) is 6.24. The van der Waals surface area contributed by atoms with Crippen molar-refractivity contribution in [1.29, 1.82) is 0 Å². The van der Waals surface area contributed by atoms with Crippen molar-refractivity contribution in [2.45, 2.75) is 26.7 Å². The minimum Gasteiger partial charge on any atom is -0.450 e. The molecule has 148 valence electrons. The topological polar surface area (TPSA) is 91.5 Å². The van der Waals surface area contributed by atoms with Crippen molar-refractivity contribution in [1.82, 2.24) is 10.9 Å². The number of carbonyl (C=O) groups is 2. The van der Waals surface area contributed by atoms with Gasteiger partial charge in [-0.2, -0.15) is 0 Å². The predicted octanol–water partition coefficient (Wildman–Crippen LogP) is 4.01. The highest BCUT2D eigenvalue weighted by molar-refractivity contribution is 7.80. The van der Waals surface area contributed by atoms with Crippen LogP contribution < -0.4 is 21.5 Å². The quantitative estimate of drug-likeness (QED) is 0.448. The number of rotatable bonds is 5. The molecule has 2 amide bonds. The van der Waals surface area contributed by atoms with E-state index in [1.165, 1.54) is 11.6 Å². The Balaban J connectivity index is 1.87. The Labute approximate surface area is 169 Å². The van der Waals surface area contributed by atoms with E-state index in [0.717, 1.165) is 5.69 Å². The monoisotopic (exact) mass is 400 g/mol. The van der Waals surface area contributed by atoms with Crippen molar-refractivity contribution in [3.63, 3.8) is 0 Å². The highest BCUT2D eigenvalue weighted by Crippen LogP contribution is 2.17. The lowest BCUT2D eigenvalue weighted by molar-refractivity contribution is 0.0944. The van der Waals surface area contributed by atoms with Gasteiger partial charge in [0, 0.05) is 16.9 Å². The molecule has 0 atom stereocenters. The van der Waals surface area contributed by atoms with E-state index < -0.39 is 12.0 Å². The van der Waals surface area contributed by atoms with Gasteiger partial charge in [0.25, 0.3) is 5.91 Å². The second-order valence-corrected chi connectivity index (χ2v) is 6.64. The first kappa shape index (κ1) is 21.2. The highest BCUT2D eigenvalue weighted by Gasteiger charge is 2.09. The normalized spacial score (nSPS) is 10.1. The Morgan fingerprint density at radius 3 is 2.36 bits per heavy atom. The van der Waals surface area contributed by atoms with Crippen molar-refractivity contribution >= 4 is 40.7 Å². The molecule has 0 fully saturated rings. The van der Waals surface area contributed by atoms with Crippen molar-refractivity contribution in [2.24, 2.45) is 0 Å². The average Bonchev–Trinajstić information content (AvgIpc) is 2.67. The summed E-state index contributed by atoms with van der Waals surface area (Å²) in [7, 11) is 0. The summed E-state index contributed by atoms with van der Waals surface area (Å²) in [5.41, 5.74) is 8.03. The molecule has 0 aliphatic heterocycles. The first-order valence-corrected chi connectivity index (χ1v) is 9.31. The number of benzene rings is 2. The molecule has 28 heavy (non-hydrogen) atoms. The fraction of sp³-hybridized carbons (Fsp3) is 0.250. The van der Waals surface area contributed by atoms with Crippen LogP contribution in [0.1, 0.15) is 42.6 Å². The first-order valence-electron chi connectivity index (χ1n) is 8.90. The fourth-order valence-electron chi connectivity index (χ4n) is 2.32. The molecule has 0 saturated heterocycles. The van der Waals surface area contributed by atoms with Gasteiger partial charge >= 0.3 is 6.09 Å². The number of anilines is 2. The molecule has 0 heterocycles. The Kier molecular flexibility index (Phi) is 7.76. The van der Waals surface area contributed by atoms with E-state index in [9.17, 15) is 9.59 Å². The van der Waals surface area contributed by atoms with Crippen LogP contribution in [0.15, 0.2) is 48.5 Å². The highest BCUT2D eigenvalue weighted by atomic mass is 32.1. The number of carbonyl (C=O) groups excluding carboxylic acids is 2. The minimum absolute atomic E-state index is 0.256. The lowest BCUT2D eigenvalue weighted by Crippen LogP contribution is -2.43. The van der Waals surface area contributed by atoms with Crippen LogP contribution in [-0.4, -0.2) is 23.7 Å². The predicted molar refractivity (Wildman–Crippen MR) is 114 cm³/mol. The fourth-order valence-corrected chi connectivity index (χ4v) is 2.49. The van der Waals surface area contributed by atoms with Gasteiger partial charge in [0.05, 0.1) is 6.61 Å². The van der Waals surface area contributed by atoms with Gasteiger partial charge in [-0.15, -0.1) is 0 Å². The molecular weight excluding hydrogens is 376 g/mol. The van der Waals surface area contributed by atoms with Gasteiger partial charge in [-0.3, -0.25) is 21.0 Å². The number of thiocarbonyl (C=S) groups is 1. The van der Waals surface area contributed by atoms with Gasteiger partial charge < -0.3 is 10.1 Å². The van der Waals surface area contributed by atoms with Gasteiger partial charge in [0.15, 0.2) is 5.11 Å². The van der Waals surface area contributed by atoms with Crippen LogP contribution in [-0.2, 0) is 4.74 Å². The van der Waals surface area contributed by atoms with Crippen LogP contribution in [0, 0.1) is 0 Å². The summed E-state index contributed by atoms with van der Waals surface area (Å²) in [4.78, 5) is 23.7. The van der Waals surface area contributed by atoms with Crippen LogP contribution in [0.2, 0.25) is 0 Å². The van der Waals surface area contributed by atoms with E-state index in [2.05, 4.69) is 35.3 Å². The third-order valence-electron chi connectivity index (χ3n) is 3.77. The summed E-state index contributed by atoms with van der Waals surface area (Å²) in [5.74, 6) is 0.0549. The van der Waals surface area contributed by atoms with Crippen molar-refractivity contribution < 1.29 is 14.3 Å². The van der Waals surface area contributed by atoms with Crippen LogP contribution in [0.25, 0.3) is 0 Å². The minimum atomic E-state index is -0.577. The number of hydrogen-bond donors (Lipinski definition) is 4. The molecule has 0 radical (unpaired) electrons. The molecule has 0 spiro atoms. The van der Waals surface area contributed by atoms with E-state index in [0.29, 0.717) is 17.2 Å². The number of hydrazine groups is 1. The maximum absolute atomic E-state index is 12.3. The Morgan fingerprint density at radius 2 is 1.71 bits per heavy atom. The Morgan fingerprint density at radius 1 is 1.00 bits per heavy atom. The molecule has 2 rings (SSSR count). The van der Waals surface area contributed by atoms with Gasteiger partial charge in [-0.25, -0.2) is 4.79 Å². The van der Waals surface area contributed by atoms with Crippen LogP contribution >= 0.6 is 12.2 Å². The molecule has 0 aliphatic rings. The maximum Gasteiger partial charge on any atom is 0.411 e. The van der Waals surface area contributed by atoms with E-state index >= 15 is 0 Å². The molecule has 0 aliphatic carbocycles. The number of nitrogens with one attached hydrogen (secondary N) is 4. The molecule has 4 N–H and O–H groups in total. The van der Waals surface area contributed by atoms with Gasteiger partial charge in [0.2, 0.25) is 0 Å². The van der Waals surface area contributed by atoms with Gasteiger partial charge in [0.1, 0.15) is 0 Å². The molecule has 0 unspecified atom stereocenters. The van der Waals surface area contributed by atoms with Crippen LogP contribution in [0.3, 0.4) is 0 Å². The first-order chi connectivity index (χ1) is 13.4. The lowest BCUT2D eigenvalue weighted by atomic mass is 10.0. The summed E-state index contributed by atoms with van der Waals surface area (Å²) in [5, 5.41) is 5.80. The molecular formula is C20H24N4O3S. The zero-order valence-corrected chi connectivity index (χ0v) is 16.9. The van der Waals surface area contributed by atoms with Crippen LogP contribution in [0.4, 0.5) is 16.2 Å².